The van der Waals surface area contributed by atoms with Crippen molar-refractivity contribution in [2.75, 3.05) is 19.0 Å². The number of hydrogen-bond acceptors (Lipinski definition) is 7. The summed E-state index contributed by atoms with van der Waals surface area (Å²) in [6.45, 7) is 0.0594. The van der Waals surface area contributed by atoms with Gasteiger partial charge in [-0.25, -0.2) is 4.39 Å². The Kier molecular flexibility index (Phi) is 7.80. The minimum Gasteiger partial charge on any atom is -0.493 e. The lowest BCUT2D eigenvalue weighted by Crippen LogP contribution is -2.31. The van der Waals surface area contributed by atoms with Crippen molar-refractivity contribution in [1.82, 2.24) is 4.98 Å². The van der Waals surface area contributed by atoms with E-state index in [2.05, 4.69) is 10.3 Å². The number of aliphatic carboxylic acids is 1. The van der Waals surface area contributed by atoms with E-state index in [1.807, 2.05) is 0 Å². The number of aromatic nitrogens is 1. The van der Waals surface area contributed by atoms with Crippen molar-refractivity contribution in [1.29, 1.82) is 0 Å². The molecule has 4 rings (SSSR count). The topological polar surface area (TPSA) is 133 Å². The number of amides is 1. The first kappa shape index (κ1) is 25.4. The second-order valence-corrected chi connectivity index (χ2v) is 7.98. The van der Waals surface area contributed by atoms with Crippen molar-refractivity contribution in [2.24, 2.45) is 5.73 Å². The molecule has 1 atom stereocenters. The molecule has 0 radical (unpaired) electrons. The van der Waals surface area contributed by atoms with Crippen molar-refractivity contribution in [3.05, 3.63) is 84.3 Å². The number of carbonyl (C=O) groups excluding carboxylic acids is 1. The largest absolute Gasteiger partial charge is 0.493 e. The van der Waals surface area contributed by atoms with E-state index in [0.717, 1.165) is 0 Å². The number of nitrogens with two attached hydrogens (primary N) is 1. The molecule has 0 saturated heterocycles. The Hall–Kier alpha value is -4.70. The zero-order valence-electron chi connectivity index (χ0n) is 19.8. The molecule has 1 aromatic heterocycles. The smallest absolute Gasteiger partial charge is 0.320 e. The fraction of sp³-hybridized carbons (Fsp3) is 0.148. The van der Waals surface area contributed by atoms with E-state index < -0.39 is 17.8 Å². The van der Waals surface area contributed by atoms with Gasteiger partial charge in [0.05, 0.1) is 19.2 Å². The molecule has 0 saturated carbocycles. The van der Waals surface area contributed by atoms with Crippen LogP contribution in [-0.4, -0.2) is 41.7 Å². The highest BCUT2D eigenvalue weighted by Gasteiger charge is 2.16. The maximum absolute atomic E-state index is 14.9. The Morgan fingerprint density at radius 3 is 2.51 bits per heavy atom. The molecule has 0 fully saturated rings. The van der Waals surface area contributed by atoms with Crippen LogP contribution in [0.15, 0.2) is 72.9 Å². The number of fused-ring (bicyclic) bond motifs is 1. The maximum atomic E-state index is 14.9. The van der Waals surface area contributed by atoms with Gasteiger partial charge in [0.2, 0.25) is 0 Å². The first-order chi connectivity index (χ1) is 17.9. The monoisotopic (exact) mass is 505 g/mol. The Balaban J connectivity index is 1.53. The summed E-state index contributed by atoms with van der Waals surface area (Å²) in [4.78, 5) is 27.6. The Morgan fingerprint density at radius 1 is 1.03 bits per heavy atom. The van der Waals surface area contributed by atoms with Crippen LogP contribution in [0.3, 0.4) is 0 Å². The summed E-state index contributed by atoms with van der Waals surface area (Å²) in [6, 6.07) is 16.5. The van der Waals surface area contributed by atoms with Gasteiger partial charge < -0.3 is 30.4 Å². The molecule has 0 aliphatic heterocycles. The van der Waals surface area contributed by atoms with Crippen LogP contribution in [0.2, 0.25) is 0 Å². The predicted octanol–water partition coefficient (Wildman–Crippen LogP) is 4.61. The molecular formula is C27H24FN3O6. The number of pyridine rings is 1. The molecule has 1 unspecified atom stereocenters. The molecule has 0 spiro atoms. The number of carbonyl (C=O) groups is 2. The highest BCUT2D eigenvalue weighted by molar-refractivity contribution is 6.04. The number of hydrogen-bond donors (Lipinski definition) is 3. The fourth-order valence-electron chi connectivity index (χ4n) is 3.48. The van der Waals surface area contributed by atoms with Gasteiger partial charge >= 0.3 is 5.97 Å². The van der Waals surface area contributed by atoms with Gasteiger partial charge in [-0.1, -0.05) is 18.2 Å². The molecule has 1 heterocycles. The number of carboxylic acids is 1. The lowest BCUT2D eigenvalue weighted by molar-refractivity contribution is -0.138. The van der Waals surface area contributed by atoms with Crippen LogP contribution in [-0.2, 0) is 4.79 Å². The highest BCUT2D eigenvalue weighted by Crippen LogP contribution is 2.38. The van der Waals surface area contributed by atoms with E-state index in [1.165, 1.54) is 31.5 Å². The summed E-state index contributed by atoms with van der Waals surface area (Å²) in [5.74, 6) is -1.16. The first-order valence-corrected chi connectivity index (χ1v) is 11.3. The number of methoxy groups -OCH3 is 1. The van der Waals surface area contributed by atoms with E-state index in [1.54, 1.807) is 48.5 Å². The SMILES string of the molecule is COc1cc2c(Oc3ccc(NC(=O)c4ccccc4)cc3F)ccnc2cc1OCCC(N)C(=O)O. The van der Waals surface area contributed by atoms with Crippen LogP contribution in [0.5, 0.6) is 23.0 Å². The predicted molar refractivity (Wildman–Crippen MR) is 135 cm³/mol. The number of halogens is 1. The Morgan fingerprint density at radius 2 is 1.81 bits per heavy atom. The lowest BCUT2D eigenvalue weighted by atomic mass is 10.1. The standard InChI is InChI=1S/C27H24FN3O6/c1-35-24-14-18-21(15-25(24)36-12-10-20(29)27(33)34)30-11-9-22(18)37-23-8-7-17(13-19(23)28)31-26(32)16-5-3-2-4-6-16/h2-9,11,13-15,20H,10,12,29H2,1H3,(H,31,32)(H,33,34). The molecular weight excluding hydrogens is 481 g/mol. The summed E-state index contributed by atoms with van der Waals surface area (Å²) in [7, 11) is 1.45. The highest BCUT2D eigenvalue weighted by atomic mass is 19.1. The summed E-state index contributed by atoms with van der Waals surface area (Å²) in [6.07, 6.45) is 1.61. The molecule has 0 aliphatic carbocycles. The molecule has 1 amide bonds. The summed E-state index contributed by atoms with van der Waals surface area (Å²) >= 11 is 0. The Bertz CT molecular complexity index is 1430. The van der Waals surface area contributed by atoms with Gasteiger partial charge in [0.15, 0.2) is 23.1 Å². The molecule has 4 N–H and O–H groups in total. The number of ether oxygens (including phenoxy) is 3. The molecule has 37 heavy (non-hydrogen) atoms. The molecule has 0 aliphatic rings. The lowest BCUT2D eigenvalue weighted by Gasteiger charge is -2.15. The third kappa shape index (κ3) is 6.11. The van der Waals surface area contributed by atoms with Gasteiger partial charge in [-0.05, 0) is 36.4 Å². The minimum atomic E-state index is -1.11. The summed E-state index contributed by atoms with van der Waals surface area (Å²) in [5, 5.41) is 12.1. The third-order valence-corrected chi connectivity index (χ3v) is 5.44. The van der Waals surface area contributed by atoms with E-state index in [-0.39, 0.29) is 30.4 Å². The molecule has 4 aromatic rings. The van der Waals surface area contributed by atoms with Gasteiger partial charge in [0, 0.05) is 41.4 Å². The molecule has 0 bridgehead atoms. The van der Waals surface area contributed by atoms with Gasteiger partial charge in [0.25, 0.3) is 5.91 Å². The zero-order valence-corrected chi connectivity index (χ0v) is 19.8. The average molecular weight is 506 g/mol. The van der Waals surface area contributed by atoms with Crippen molar-refractivity contribution in [3.63, 3.8) is 0 Å². The summed E-state index contributed by atoms with van der Waals surface area (Å²) in [5.41, 5.74) is 6.74. The van der Waals surface area contributed by atoms with Crippen molar-refractivity contribution in [2.45, 2.75) is 12.5 Å². The van der Waals surface area contributed by atoms with E-state index in [0.29, 0.717) is 33.7 Å². The van der Waals surface area contributed by atoms with Crippen LogP contribution in [0, 0.1) is 5.82 Å². The summed E-state index contributed by atoms with van der Waals surface area (Å²) < 4.78 is 31.8. The third-order valence-electron chi connectivity index (χ3n) is 5.44. The maximum Gasteiger partial charge on any atom is 0.320 e. The van der Waals surface area contributed by atoms with Crippen LogP contribution in [0.25, 0.3) is 10.9 Å². The molecule has 190 valence electrons. The van der Waals surface area contributed by atoms with Gasteiger partial charge in [0.1, 0.15) is 11.8 Å². The molecule has 9 nitrogen and oxygen atoms in total. The van der Waals surface area contributed by atoms with Crippen molar-refractivity contribution in [3.8, 4) is 23.0 Å². The quantitative estimate of drug-likeness (QED) is 0.285. The van der Waals surface area contributed by atoms with Crippen molar-refractivity contribution >= 4 is 28.5 Å². The van der Waals surface area contributed by atoms with Crippen LogP contribution in [0.1, 0.15) is 16.8 Å². The molecule has 10 heteroatoms. The number of nitrogens with one attached hydrogen (secondary N) is 1. The van der Waals surface area contributed by atoms with Crippen LogP contribution in [0.4, 0.5) is 10.1 Å². The van der Waals surface area contributed by atoms with E-state index in [9.17, 15) is 14.0 Å². The zero-order chi connectivity index (χ0) is 26.4. The van der Waals surface area contributed by atoms with Gasteiger partial charge in [-0.2, -0.15) is 0 Å². The van der Waals surface area contributed by atoms with Crippen LogP contribution >= 0.6 is 0 Å². The second kappa shape index (κ2) is 11.4. The first-order valence-electron chi connectivity index (χ1n) is 11.3. The van der Waals surface area contributed by atoms with Gasteiger partial charge in [-0.15, -0.1) is 0 Å². The van der Waals surface area contributed by atoms with E-state index >= 15 is 0 Å². The Labute approximate surface area is 211 Å². The number of nitrogens with zero attached hydrogens (tertiary/aromatic N) is 1. The van der Waals surface area contributed by atoms with Crippen molar-refractivity contribution < 1.29 is 33.3 Å². The second-order valence-electron chi connectivity index (χ2n) is 7.98. The van der Waals surface area contributed by atoms with Crippen LogP contribution < -0.4 is 25.3 Å². The average Bonchev–Trinajstić information content (AvgIpc) is 2.90. The number of rotatable bonds is 10. The normalized spacial score (nSPS) is 11.5. The number of benzene rings is 3. The fourth-order valence-corrected chi connectivity index (χ4v) is 3.48. The number of anilines is 1. The van der Waals surface area contributed by atoms with Gasteiger partial charge in [-0.3, -0.25) is 14.6 Å². The molecule has 3 aromatic carbocycles. The number of carboxylic acid groups (broad SMARTS) is 1. The van der Waals surface area contributed by atoms with E-state index in [4.69, 9.17) is 25.1 Å². The minimum absolute atomic E-state index is 0.0489.